The second-order valence-electron chi connectivity index (χ2n) is 4.68. The van der Waals surface area contributed by atoms with Crippen molar-refractivity contribution in [3.63, 3.8) is 0 Å². The van der Waals surface area contributed by atoms with Crippen molar-refractivity contribution < 1.29 is 0 Å². The van der Waals surface area contributed by atoms with Gasteiger partial charge in [0.05, 0.1) is 6.20 Å². The first kappa shape index (κ1) is 15.5. The molecule has 1 heterocycles. The summed E-state index contributed by atoms with van der Waals surface area (Å²) in [5.41, 5.74) is 2.41. The predicted molar refractivity (Wildman–Crippen MR) is 87.2 cm³/mol. The Kier molecular flexibility index (Phi) is 5.64. The summed E-state index contributed by atoms with van der Waals surface area (Å²) in [4.78, 5) is 0. The van der Waals surface area contributed by atoms with Crippen LogP contribution in [0.2, 0.25) is 5.02 Å². The number of hydrogen-bond donors (Lipinski definition) is 1. The van der Waals surface area contributed by atoms with E-state index in [0.29, 0.717) is 0 Å². The maximum absolute atomic E-state index is 6.13. The Morgan fingerprint density at radius 3 is 2.85 bits per heavy atom. The highest BCUT2D eigenvalue weighted by Gasteiger charge is 2.15. The maximum Gasteiger partial charge on any atom is 0.0522 e. The van der Waals surface area contributed by atoms with Crippen LogP contribution in [-0.2, 0) is 13.0 Å². The van der Waals surface area contributed by atoms with Gasteiger partial charge >= 0.3 is 0 Å². The van der Waals surface area contributed by atoms with E-state index in [-0.39, 0.29) is 6.04 Å². The van der Waals surface area contributed by atoms with Crippen molar-refractivity contribution in [2.24, 2.45) is 0 Å². The molecule has 1 aromatic carbocycles. The summed E-state index contributed by atoms with van der Waals surface area (Å²) >= 11 is 9.74. The van der Waals surface area contributed by atoms with Crippen molar-refractivity contribution in [1.29, 1.82) is 0 Å². The molecule has 2 rings (SSSR count). The Balaban J connectivity index is 2.23. The van der Waals surface area contributed by atoms with Gasteiger partial charge in [-0.1, -0.05) is 34.5 Å². The first-order valence-electron chi connectivity index (χ1n) is 6.83. The molecule has 0 aliphatic heterocycles. The Hall–Kier alpha value is -0.840. The quantitative estimate of drug-likeness (QED) is 0.840. The van der Waals surface area contributed by atoms with Gasteiger partial charge in [-0.3, -0.25) is 4.68 Å². The number of hydrogen-bond acceptors (Lipinski definition) is 2. The zero-order chi connectivity index (χ0) is 14.5. The summed E-state index contributed by atoms with van der Waals surface area (Å²) in [5.74, 6) is 0. The zero-order valence-corrected chi connectivity index (χ0v) is 14.1. The molecule has 1 atom stereocenters. The van der Waals surface area contributed by atoms with Gasteiger partial charge in [-0.05, 0) is 49.2 Å². The van der Waals surface area contributed by atoms with E-state index in [2.05, 4.69) is 46.4 Å². The molecule has 0 saturated heterocycles. The van der Waals surface area contributed by atoms with Crippen LogP contribution in [0.15, 0.2) is 35.1 Å². The number of halogens is 2. The third-order valence-corrected chi connectivity index (χ3v) is 4.19. The van der Waals surface area contributed by atoms with E-state index in [9.17, 15) is 0 Å². The summed E-state index contributed by atoms with van der Waals surface area (Å²) in [5, 5.41) is 8.61. The molecule has 3 nitrogen and oxygen atoms in total. The molecule has 20 heavy (non-hydrogen) atoms. The van der Waals surface area contributed by atoms with Crippen molar-refractivity contribution in [2.75, 3.05) is 6.54 Å². The molecule has 0 amide bonds. The van der Waals surface area contributed by atoms with Gasteiger partial charge in [0.1, 0.15) is 0 Å². The minimum atomic E-state index is 0.225. The molecule has 1 N–H and O–H groups in total. The van der Waals surface area contributed by atoms with Crippen LogP contribution < -0.4 is 5.32 Å². The summed E-state index contributed by atoms with van der Waals surface area (Å²) in [6.07, 6.45) is 4.93. The smallest absolute Gasteiger partial charge is 0.0522 e. The van der Waals surface area contributed by atoms with Crippen LogP contribution >= 0.6 is 27.5 Å². The molecule has 0 bridgehead atoms. The summed E-state index contributed by atoms with van der Waals surface area (Å²) in [6, 6.07) is 6.14. The lowest BCUT2D eigenvalue weighted by Gasteiger charge is -2.19. The van der Waals surface area contributed by atoms with E-state index < -0.39 is 0 Å². The van der Waals surface area contributed by atoms with Crippen LogP contribution in [-0.4, -0.2) is 16.3 Å². The van der Waals surface area contributed by atoms with Gasteiger partial charge in [-0.2, -0.15) is 5.10 Å². The number of aryl methyl sites for hydroxylation is 1. The number of aromatic nitrogens is 2. The summed E-state index contributed by atoms with van der Waals surface area (Å²) in [6.45, 7) is 6.01. The van der Waals surface area contributed by atoms with Gasteiger partial charge in [0.2, 0.25) is 0 Å². The van der Waals surface area contributed by atoms with Gasteiger partial charge in [0.15, 0.2) is 0 Å². The third kappa shape index (κ3) is 3.84. The van der Waals surface area contributed by atoms with Gasteiger partial charge in [-0.25, -0.2) is 0 Å². The molecule has 0 spiro atoms. The fourth-order valence-corrected chi connectivity index (χ4v) is 2.94. The zero-order valence-electron chi connectivity index (χ0n) is 11.7. The van der Waals surface area contributed by atoms with Crippen LogP contribution in [0.25, 0.3) is 0 Å². The van der Waals surface area contributed by atoms with E-state index in [4.69, 9.17) is 11.6 Å². The summed E-state index contributed by atoms with van der Waals surface area (Å²) in [7, 11) is 0. The first-order chi connectivity index (χ1) is 9.63. The molecule has 0 fully saturated rings. The second kappa shape index (κ2) is 7.25. The molecular formula is C15H19BrClN3. The molecule has 0 aliphatic rings. The van der Waals surface area contributed by atoms with Crippen LogP contribution in [0.4, 0.5) is 0 Å². The molecular weight excluding hydrogens is 338 g/mol. The minimum Gasteiger partial charge on any atom is -0.310 e. The maximum atomic E-state index is 6.13. The van der Waals surface area contributed by atoms with Gasteiger partial charge in [0.25, 0.3) is 0 Å². The average Bonchev–Trinajstić information content (AvgIpc) is 2.89. The van der Waals surface area contributed by atoms with E-state index in [1.165, 1.54) is 11.1 Å². The van der Waals surface area contributed by atoms with E-state index in [1.807, 2.05) is 29.1 Å². The number of rotatable bonds is 6. The molecule has 1 aromatic heterocycles. The van der Waals surface area contributed by atoms with E-state index >= 15 is 0 Å². The highest BCUT2D eigenvalue weighted by Crippen LogP contribution is 2.28. The Morgan fingerprint density at radius 1 is 1.40 bits per heavy atom. The largest absolute Gasteiger partial charge is 0.310 e. The molecule has 5 heteroatoms. The van der Waals surface area contributed by atoms with Gasteiger partial charge in [-0.15, -0.1) is 0 Å². The molecule has 108 valence electrons. The van der Waals surface area contributed by atoms with Crippen molar-refractivity contribution in [2.45, 2.75) is 32.9 Å². The van der Waals surface area contributed by atoms with Crippen LogP contribution in [0, 0.1) is 0 Å². The Bertz CT molecular complexity index is 568. The highest BCUT2D eigenvalue weighted by atomic mass is 79.9. The van der Waals surface area contributed by atoms with Crippen LogP contribution in [0.1, 0.15) is 31.0 Å². The highest BCUT2D eigenvalue weighted by molar-refractivity contribution is 9.10. The number of likely N-dealkylation sites (N-methyl/N-ethyl adjacent to an activating group) is 1. The fraction of sp³-hybridized carbons (Fsp3) is 0.400. The lowest BCUT2D eigenvalue weighted by molar-refractivity contribution is 0.547. The SMILES string of the molecule is CCNC(Cc1cnn(CC)c1)c1cc(Cl)ccc1Br. The minimum absolute atomic E-state index is 0.225. The fourth-order valence-electron chi connectivity index (χ4n) is 2.24. The standard InChI is InChI=1S/C15H19BrClN3/c1-3-18-15(7-11-9-19-20(4-2)10-11)13-8-12(17)5-6-14(13)16/h5-6,8-10,15,18H,3-4,7H2,1-2H3. The van der Waals surface area contributed by atoms with Crippen molar-refractivity contribution in [3.05, 3.63) is 51.2 Å². The van der Waals surface area contributed by atoms with Crippen molar-refractivity contribution in [3.8, 4) is 0 Å². The lowest BCUT2D eigenvalue weighted by Crippen LogP contribution is -2.23. The van der Waals surface area contributed by atoms with Crippen molar-refractivity contribution in [1.82, 2.24) is 15.1 Å². The van der Waals surface area contributed by atoms with Gasteiger partial charge in [0, 0.05) is 28.3 Å². The topological polar surface area (TPSA) is 29.9 Å². The van der Waals surface area contributed by atoms with Crippen LogP contribution in [0.5, 0.6) is 0 Å². The lowest BCUT2D eigenvalue weighted by atomic mass is 10.0. The van der Waals surface area contributed by atoms with Gasteiger partial charge < -0.3 is 5.32 Å². The predicted octanol–water partition coefficient (Wildman–Crippen LogP) is 4.21. The monoisotopic (exact) mass is 355 g/mol. The second-order valence-corrected chi connectivity index (χ2v) is 5.98. The number of nitrogens with zero attached hydrogens (tertiary/aromatic N) is 2. The average molecular weight is 357 g/mol. The molecule has 2 aromatic rings. The number of benzene rings is 1. The number of nitrogens with one attached hydrogen (secondary N) is 1. The van der Waals surface area contributed by atoms with Crippen molar-refractivity contribution >= 4 is 27.5 Å². The molecule has 1 unspecified atom stereocenters. The molecule has 0 aliphatic carbocycles. The van der Waals surface area contributed by atoms with Crippen LogP contribution in [0.3, 0.4) is 0 Å². The Morgan fingerprint density at radius 2 is 2.20 bits per heavy atom. The first-order valence-corrected chi connectivity index (χ1v) is 8.00. The summed E-state index contributed by atoms with van der Waals surface area (Å²) < 4.78 is 3.03. The van der Waals surface area contributed by atoms with E-state index in [0.717, 1.165) is 29.0 Å². The van der Waals surface area contributed by atoms with E-state index in [1.54, 1.807) is 0 Å². The molecule has 0 saturated carbocycles. The third-order valence-electron chi connectivity index (χ3n) is 3.23. The Labute approximate surface area is 133 Å². The normalized spacial score (nSPS) is 12.6. The molecule has 0 radical (unpaired) electrons.